The minimum absolute atomic E-state index is 0.000228. The van der Waals surface area contributed by atoms with Crippen LogP contribution >= 0.6 is 0 Å². The molecule has 2 saturated heterocycles. The number of anilines is 2. The number of hydrogen-bond acceptors (Lipinski definition) is 4. The zero-order chi connectivity index (χ0) is 16.8. The number of nitrogens with zero attached hydrogens (tertiary/aromatic N) is 1. The lowest BCUT2D eigenvalue weighted by Crippen LogP contribution is -2.54. The van der Waals surface area contributed by atoms with Gasteiger partial charge in [-0.3, -0.25) is 4.79 Å². The molecule has 4 nitrogen and oxygen atoms in total. The number of fused-ring (bicyclic) bond motifs is 3. The molecule has 124 valence electrons. The second-order valence-electron chi connectivity index (χ2n) is 7.01. The average molecular weight is 322 g/mol. The predicted octanol–water partition coefficient (Wildman–Crippen LogP) is 3.58. The van der Waals surface area contributed by atoms with E-state index in [1.165, 1.54) is 5.56 Å². The van der Waals surface area contributed by atoms with Gasteiger partial charge in [0.05, 0.1) is 11.7 Å². The van der Waals surface area contributed by atoms with Gasteiger partial charge in [0.25, 0.3) is 0 Å². The Morgan fingerprint density at radius 1 is 1.12 bits per heavy atom. The van der Waals surface area contributed by atoms with Gasteiger partial charge in [-0.2, -0.15) is 0 Å². The van der Waals surface area contributed by atoms with Gasteiger partial charge in [0.1, 0.15) is 11.5 Å². The fourth-order valence-corrected chi connectivity index (χ4v) is 4.25. The quantitative estimate of drug-likeness (QED) is 0.655. The van der Waals surface area contributed by atoms with E-state index in [0.717, 1.165) is 24.1 Å². The summed E-state index contributed by atoms with van der Waals surface area (Å²) in [4.78, 5) is 14.9. The molecular formula is C20H22N2O2. The SMILES string of the molecule is Cc1ccc(N2C3CCC(C(=O)C3)C2c2ccc(O)c(N)c2)cc1. The highest BCUT2D eigenvalue weighted by atomic mass is 16.3. The molecule has 2 heterocycles. The largest absolute Gasteiger partial charge is 0.506 e. The summed E-state index contributed by atoms with van der Waals surface area (Å²) < 4.78 is 0. The zero-order valence-electron chi connectivity index (χ0n) is 13.8. The zero-order valence-corrected chi connectivity index (χ0v) is 13.8. The lowest BCUT2D eigenvalue weighted by atomic mass is 9.71. The molecule has 2 aromatic carbocycles. The molecule has 0 radical (unpaired) electrons. The van der Waals surface area contributed by atoms with E-state index in [2.05, 4.69) is 36.1 Å². The molecule has 1 aliphatic carbocycles. The van der Waals surface area contributed by atoms with Crippen molar-refractivity contribution in [3.63, 3.8) is 0 Å². The van der Waals surface area contributed by atoms with Gasteiger partial charge in [-0.05, 0) is 49.6 Å². The Labute approximate surface area is 141 Å². The van der Waals surface area contributed by atoms with Crippen LogP contribution in [-0.2, 0) is 4.79 Å². The number of carbonyl (C=O) groups excluding carboxylic acids is 1. The number of nitrogens with two attached hydrogens (primary N) is 1. The predicted molar refractivity (Wildman–Crippen MR) is 95.1 cm³/mol. The van der Waals surface area contributed by atoms with Crippen LogP contribution < -0.4 is 10.6 Å². The molecule has 5 rings (SSSR count). The lowest BCUT2D eigenvalue weighted by molar-refractivity contribution is -0.128. The average Bonchev–Trinajstić information content (AvgIpc) is 2.58. The molecule has 0 aromatic heterocycles. The van der Waals surface area contributed by atoms with E-state index in [1.807, 2.05) is 12.1 Å². The minimum atomic E-state index is -0.00407. The highest BCUT2D eigenvalue weighted by molar-refractivity contribution is 5.86. The summed E-state index contributed by atoms with van der Waals surface area (Å²) in [5.74, 6) is 0.444. The number of Topliss-reactive ketones (excluding diaryl/α,β-unsaturated/α-hetero) is 1. The van der Waals surface area contributed by atoms with Gasteiger partial charge in [0.2, 0.25) is 0 Å². The Bertz CT molecular complexity index is 785. The summed E-state index contributed by atoms with van der Waals surface area (Å²) in [6.07, 6.45) is 2.61. The first kappa shape index (κ1) is 15.1. The number of carbonyl (C=O) groups is 1. The highest BCUT2D eigenvalue weighted by Gasteiger charge is 2.47. The number of hydrogen-bond donors (Lipinski definition) is 2. The van der Waals surface area contributed by atoms with Crippen molar-refractivity contribution < 1.29 is 9.90 Å². The molecule has 0 spiro atoms. The van der Waals surface area contributed by atoms with Crippen molar-refractivity contribution in [1.29, 1.82) is 0 Å². The first-order valence-electron chi connectivity index (χ1n) is 8.50. The molecule has 1 saturated carbocycles. The summed E-state index contributed by atoms with van der Waals surface area (Å²) in [6.45, 7) is 2.08. The van der Waals surface area contributed by atoms with Crippen LogP contribution in [0.25, 0.3) is 0 Å². The first-order chi connectivity index (χ1) is 11.5. The fraction of sp³-hybridized carbons (Fsp3) is 0.350. The number of phenolic OH excluding ortho intramolecular Hbond substituents is 1. The monoisotopic (exact) mass is 322 g/mol. The normalized spacial score (nSPS) is 26.0. The van der Waals surface area contributed by atoms with Gasteiger partial charge in [-0.15, -0.1) is 0 Å². The van der Waals surface area contributed by atoms with Crippen LogP contribution in [0.5, 0.6) is 5.75 Å². The Morgan fingerprint density at radius 2 is 1.88 bits per heavy atom. The number of ketones is 1. The van der Waals surface area contributed by atoms with Crippen molar-refractivity contribution >= 4 is 17.2 Å². The van der Waals surface area contributed by atoms with Crippen LogP contribution in [-0.4, -0.2) is 16.9 Å². The number of nitrogen functional groups attached to an aromatic ring is 1. The Kier molecular flexibility index (Phi) is 3.48. The molecule has 3 unspecified atom stereocenters. The van der Waals surface area contributed by atoms with Gasteiger partial charge < -0.3 is 15.7 Å². The van der Waals surface area contributed by atoms with Gasteiger partial charge in [-0.25, -0.2) is 0 Å². The number of rotatable bonds is 2. The van der Waals surface area contributed by atoms with Crippen LogP contribution in [0, 0.1) is 12.8 Å². The smallest absolute Gasteiger partial charge is 0.140 e. The Balaban J connectivity index is 1.81. The van der Waals surface area contributed by atoms with E-state index in [9.17, 15) is 9.90 Å². The Hall–Kier alpha value is -2.49. The summed E-state index contributed by atoms with van der Waals surface area (Å²) >= 11 is 0. The maximum Gasteiger partial charge on any atom is 0.140 e. The van der Waals surface area contributed by atoms with Gasteiger partial charge in [0, 0.05) is 24.1 Å². The van der Waals surface area contributed by atoms with E-state index in [-0.39, 0.29) is 23.8 Å². The molecule has 3 N–H and O–H groups in total. The summed E-state index contributed by atoms with van der Waals surface area (Å²) in [5, 5.41) is 9.73. The van der Waals surface area contributed by atoms with E-state index in [4.69, 9.17) is 5.73 Å². The van der Waals surface area contributed by atoms with Crippen LogP contribution in [0.4, 0.5) is 11.4 Å². The van der Waals surface area contributed by atoms with Crippen LogP contribution in [0.1, 0.15) is 36.4 Å². The second-order valence-corrected chi connectivity index (χ2v) is 7.01. The summed E-state index contributed by atoms with van der Waals surface area (Å²) in [7, 11) is 0. The maximum atomic E-state index is 12.5. The number of benzene rings is 2. The summed E-state index contributed by atoms with van der Waals surface area (Å²) in [5.41, 5.74) is 9.66. The third-order valence-corrected chi connectivity index (χ3v) is 5.46. The van der Waals surface area contributed by atoms with Crippen molar-refractivity contribution in [2.75, 3.05) is 10.6 Å². The summed E-state index contributed by atoms with van der Waals surface area (Å²) in [6, 6.07) is 14.1. The first-order valence-corrected chi connectivity index (χ1v) is 8.50. The molecule has 0 amide bonds. The van der Waals surface area contributed by atoms with E-state index >= 15 is 0 Å². The maximum absolute atomic E-state index is 12.5. The molecular weight excluding hydrogens is 300 g/mol. The third kappa shape index (κ3) is 2.33. The van der Waals surface area contributed by atoms with E-state index in [1.54, 1.807) is 6.07 Å². The molecule has 4 heteroatoms. The number of aryl methyl sites for hydroxylation is 1. The van der Waals surface area contributed by atoms with Crippen LogP contribution in [0.2, 0.25) is 0 Å². The molecule has 24 heavy (non-hydrogen) atoms. The molecule has 2 aromatic rings. The van der Waals surface area contributed by atoms with Crippen molar-refractivity contribution in [1.82, 2.24) is 0 Å². The van der Waals surface area contributed by atoms with Crippen LogP contribution in [0.15, 0.2) is 42.5 Å². The van der Waals surface area contributed by atoms with E-state index < -0.39 is 0 Å². The highest BCUT2D eigenvalue weighted by Crippen LogP contribution is 2.48. The fourth-order valence-electron chi connectivity index (χ4n) is 4.25. The van der Waals surface area contributed by atoms with E-state index in [0.29, 0.717) is 17.9 Å². The standard InChI is InChI=1S/C20H22N2O2/c1-12-2-5-14(6-3-12)22-15-7-8-16(19(24)11-15)20(22)13-4-9-18(23)17(21)10-13/h2-6,9-10,15-16,20,23H,7-8,11,21H2,1H3. The Morgan fingerprint density at radius 3 is 2.54 bits per heavy atom. The number of aromatic hydroxyl groups is 1. The molecule has 3 atom stereocenters. The lowest BCUT2D eigenvalue weighted by Gasteiger charge is -2.52. The van der Waals surface area contributed by atoms with Crippen molar-refractivity contribution in [3.8, 4) is 5.75 Å². The number of piperidine rings is 2. The van der Waals surface area contributed by atoms with Gasteiger partial charge in [0.15, 0.2) is 0 Å². The molecule has 3 aliphatic rings. The van der Waals surface area contributed by atoms with Crippen molar-refractivity contribution in [2.45, 2.75) is 38.3 Å². The van der Waals surface area contributed by atoms with Crippen molar-refractivity contribution in [2.24, 2.45) is 5.92 Å². The minimum Gasteiger partial charge on any atom is -0.506 e. The van der Waals surface area contributed by atoms with Gasteiger partial charge in [-0.1, -0.05) is 23.8 Å². The topological polar surface area (TPSA) is 66.6 Å². The molecule has 3 fully saturated rings. The van der Waals surface area contributed by atoms with Crippen LogP contribution in [0.3, 0.4) is 0 Å². The second kappa shape index (κ2) is 5.55. The molecule has 2 bridgehead atoms. The third-order valence-electron chi connectivity index (χ3n) is 5.46. The number of phenols is 1. The van der Waals surface area contributed by atoms with Gasteiger partial charge >= 0.3 is 0 Å². The van der Waals surface area contributed by atoms with Crippen molar-refractivity contribution in [3.05, 3.63) is 53.6 Å². The molecule has 2 aliphatic heterocycles.